The molecule has 4 N–H and O–H groups in total. The Balaban J connectivity index is 1.45. The fourth-order valence-electron chi connectivity index (χ4n) is 2.96. The van der Waals surface area contributed by atoms with E-state index in [4.69, 9.17) is 5.73 Å². The molecule has 0 radical (unpaired) electrons. The summed E-state index contributed by atoms with van der Waals surface area (Å²) in [6, 6.07) is 13.7. The largest absolute Gasteiger partial charge is 0.375 e. The second-order valence-electron chi connectivity index (χ2n) is 6.03. The highest BCUT2D eigenvalue weighted by Gasteiger charge is 2.07. The summed E-state index contributed by atoms with van der Waals surface area (Å²) in [4.78, 5) is 19.7. The van der Waals surface area contributed by atoms with E-state index in [-0.39, 0.29) is 12.3 Å². The topological polar surface area (TPSA) is 96.2 Å². The van der Waals surface area contributed by atoms with Gasteiger partial charge in [-0.1, -0.05) is 35.6 Å². The highest BCUT2D eigenvalue weighted by molar-refractivity contribution is 7.22. The van der Waals surface area contributed by atoms with Crippen LogP contribution in [0.5, 0.6) is 0 Å². The smallest absolute Gasteiger partial charge is 0.244 e. The minimum absolute atomic E-state index is 0.171. The van der Waals surface area contributed by atoms with Crippen LogP contribution in [0.1, 0.15) is 16.8 Å². The third-order valence-corrected chi connectivity index (χ3v) is 5.01. The number of aromatic amines is 1. The Bertz CT molecular complexity index is 1140. The molecule has 4 aromatic rings. The molecule has 0 spiro atoms. The van der Waals surface area contributed by atoms with Gasteiger partial charge in [0.05, 0.1) is 22.9 Å². The van der Waals surface area contributed by atoms with Gasteiger partial charge in [0.25, 0.3) is 0 Å². The van der Waals surface area contributed by atoms with Gasteiger partial charge in [-0.3, -0.25) is 4.79 Å². The third-order valence-electron chi connectivity index (χ3n) is 4.16. The number of anilines is 1. The number of carbonyl (C=O) groups excluding carboxylic acids is 1. The zero-order valence-electron chi connectivity index (χ0n) is 14.1. The van der Waals surface area contributed by atoms with E-state index >= 15 is 0 Å². The van der Waals surface area contributed by atoms with E-state index in [0.29, 0.717) is 5.13 Å². The van der Waals surface area contributed by atoms with Crippen molar-refractivity contribution in [1.29, 1.82) is 0 Å². The molecule has 0 aliphatic carbocycles. The van der Waals surface area contributed by atoms with E-state index in [0.717, 1.165) is 37.9 Å². The molecule has 0 saturated carbocycles. The molecule has 26 heavy (non-hydrogen) atoms. The summed E-state index contributed by atoms with van der Waals surface area (Å²) < 4.78 is 0.978. The van der Waals surface area contributed by atoms with Crippen LogP contribution in [-0.2, 0) is 11.2 Å². The molecule has 6 nitrogen and oxygen atoms in total. The van der Waals surface area contributed by atoms with Crippen molar-refractivity contribution in [2.75, 3.05) is 5.73 Å². The van der Waals surface area contributed by atoms with Gasteiger partial charge in [0, 0.05) is 22.2 Å². The fraction of sp³-hybridized carbons (Fsp3) is 0.105. The Morgan fingerprint density at radius 1 is 1.35 bits per heavy atom. The van der Waals surface area contributed by atoms with Gasteiger partial charge in [-0.2, -0.15) is 5.10 Å². The van der Waals surface area contributed by atoms with E-state index in [9.17, 15) is 4.79 Å². The number of nitrogens with one attached hydrogen (secondary N) is 2. The van der Waals surface area contributed by atoms with Crippen LogP contribution < -0.4 is 11.2 Å². The summed E-state index contributed by atoms with van der Waals surface area (Å²) in [5, 5.41) is 5.72. The predicted octanol–water partition coefficient (Wildman–Crippen LogP) is 3.36. The van der Waals surface area contributed by atoms with Gasteiger partial charge in [0.2, 0.25) is 5.91 Å². The molecule has 2 aromatic heterocycles. The van der Waals surface area contributed by atoms with Crippen molar-refractivity contribution in [3.05, 3.63) is 59.3 Å². The van der Waals surface area contributed by atoms with Gasteiger partial charge in [0.1, 0.15) is 0 Å². The number of hydrazone groups is 1. The van der Waals surface area contributed by atoms with E-state index in [1.54, 1.807) is 6.21 Å². The number of hydrogen-bond donors (Lipinski definition) is 3. The number of rotatable bonds is 4. The summed E-state index contributed by atoms with van der Waals surface area (Å²) in [6.45, 7) is 1.99. The molecule has 0 fully saturated rings. The lowest BCUT2D eigenvalue weighted by atomic mass is 10.1. The first-order valence-corrected chi connectivity index (χ1v) is 8.96. The maximum atomic E-state index is 12.2. The van der Waals surface area contributed by atoms with E-state index in [1.165, 1.54) is 11.3 Å². The van der Waals surface area contributed by atoms with Crippen molar-refractivity contribution in [2.24, 2.45) is 5.10 Å². The maximum absolute atomic E-state index is 12.2. The first-order valence-electron chi connectivity index (χ1n) is 8.14. The van der Waals surface area contributed by atoms with Crippen LogP contribution in [0.3, 0.4) is 0 Å². The van der Waals surface area contributed by atoms with Gasteiger partial charge < -0.3 is 10.7 Å². The van der Waals surface area contributed by atoms with Crippen LogP contribution in [0.2, 0.25) is 0 Å². The molecule has 0 bridgehead atoms. The number of fused-ring (bicyclic) bond motifs is 2. The van der Waals surface area contributed by atoms with Crippen LogP contribution in [0.4, 0.5) is 5.13 Å². The molecule has 0 aliphatic rings. The monoisotopic (exact) mass is 363 g/mol. The molecule has 7 heteroatoms. The number of aryl methyl sites for hydroxylation is 1. The van der Waals surface area contributed by atoms with Crippen molar-refractivity contribution < 1.29 is 4.79 Å². The number of nitrogens with two attached hydrogens (primary N) is 1. The summed E-state index contributed by atoms with van der Waals surface area (Å²) >= 11 is 1.41. The first kappa shape index (κ1) is 16.3. The number of nitrogen functional groups attached to an aromatic ring is 1. The second kappa shape index (κ2) is 6.61. The third kappa shape index (κ3) is 3.16. The highest BCUT2D eigenvalue weighted by Crippen LogP contribution is 2.24. The van der Waals surface area contributed by atoms with Crippen LogP contribution in [-0.4, -0.2) is 22.1 Å². The minimum atomic E-state index is -0.171. The van der Waals surface area contributed by atoms with Crippen molar-refractivity contribution in [3.8, 4) is 0 Å². The highest BCUT2D eigenvalue weighted by atomic mass is 32.1. The Hall–Kier alpha value is -3.19. The normalized spacial score (nSPS) is 11.6. The lowest BCUT2D eigenvalue weighted by Crippen LogP contribution is -2.19. The first-order chi connectivity index (χ1) is 12.6. The van der Waals surface area contributed by atoms with Crippen molar-refractivity contribution in [1.82, 2.24) is 15.4 Å². The summed E-state index contributed by atoms with van der Waals surface area (Å²) in [6.07, 6.45) is 1.93. The van der Waals surface area contributed by atoms with E-state index < -0.39 is 0 Å². The van der Waals surface area contributed by atoms with E-state index in [1.807, 2.05) is 49.4 Å². The van der Waals surface area contributed by atoms with Crippen molar-refractivity contribution in [3.63, 3.8) is 0 Å². The molecular weight excluding hydrogens is 346 g/mol. The zero-order chi connectivity index (χ0) is 18.1. The number of nitrogens with zero attached hydrogens (tertiary/aromatic N) is 2. The number of aromatic nitrogens is 2. The number of thiazole rings is 1. The lowest BCUT2D eigenvalue weighted by molar-refractivity contribution is -0.120. The van der Waals surface area contributed by atoms with Crippen LogP contribution >= 0.6 is 11.3 Å². The zero-order valence-corrected chi connectivity index (χ0v) is 14.9. The average Bonchev–Trinajstić information content (AvgIpc) is 3.13. The Morgan fingerprint density at radius 2 is 2.19 bits per heavy atom. The van der Waals surface area contributed by atoms with Gasteiger partial charge in [-0.25, -0.2) is 10.4 Å². The predicted molar refractivity (Wildman–Crippen MR) is 107 cm³/mol. The molecule has 0 atom stereocenters. The van der Waals surface area contributed by atoms with Gasteiger partial charge in [-0.05, 0) is 30.7 Å². The Morgan fingerprint density at radius 3 is 3.08 bits per heavy atom. The quantitative estimate of drug-likeness (QED) is 0.383. The molecule has 0 aliphatic heterocycles. The van der Waals surface area contributed by atoms with Crippen molar-refractivity contribution >= 4 is 49.7 Å². The minimum Gasteiger partial charge on any atom is -0.375 e. The number of amides is 1. The molecule has 0 saturated heterocycles. The number of hydrogen-bond acceptors (Lipinski definition) is 5. The Labute approximate surface area is 153 Å². The van der Waals surface area contributed by atoms with Crippen molar-refractivity contribution in [2.45, 2.75) is 13.3 Å². The standard InChI is InChI=1S/C19H17N5OS/c1-11-14(13-4-2-3-5-15(13)22-11)10-21-24-18(25)9-12-6-7-16-17(8-12)26-19(20)23-16/h2-8,10,22H,9H2,1H3,(H2,20,23)(H,24,25)/b21-10-. The summed E-state index contributed by atoms with van der Waals surface area (Å²) in [5.74, 6) is -0.171. The summed E-state index contributed by atoms with van der Waals surface area (Å²) in [5.41, 5.74) is 13.1. The molecule has 4 rings (SSSR count). The maximum Gasteiger partial charge on any atom is 0.244 e. The number of para-hydroxylation sites is 1. The molecule has 0 unspecified atom stereocenters. The molecule has 2 heterocycles. The van der Waals surface area contributed by atoms with Crippen LogP contribution in [0, 0.1) is 6.92 Å². The molecule has 130 valence electrons. The number of benzene rings is 2. The van der Waals surface area contributed by atoms with Crippen LogP contribution in [0.15, 0.2) is 47.6 Å². The van der Waals surface area contributed by atoms with Gasteiger partial charge in [0.15, 0.2) is 5.13 Å². The van der Waals surface area contributed by atoms with Gasteiger partial charge in [-0.15, -0.1) is 0 Å². The lowest BCUT2D eigenvalue weighted by Gasteiger charge is -2.01. The molecule has 2 aromatic carbocycles. The van der Waals surface area contributed by atoms with Gasteiger partial charge >= 0.3 is 0 Å². The average molecular weight is 363 g/mol. The van der Waals surface area contributed by atoms with Crippen LogP contribution in [0.25, 0.3) is 21.1 Å². The fourth-order valence-corrected chi connectivity index (χ4v) is 3.75. The molecular formula is C19H17N5OS. The number of carbonyl (C=O) groups is 1. The second-order valence-corrected chi connectivity index (χ2v) is 7.10. The summed E-state index contributed by atoms with van der Waals surface area (Å²) in [7, 11) is 0. The Kier molecular flexibility index (Phi) is 4.14. The molecule has 1 amide bonds. The number of H-pyrrole nitrogens is 1. The van der Waals surface area contributed by atoms with E-state index in [2.05, 4.69) is 20.5 Å². The SMILES string of the molecule is Cc1[nH]c2ccccc2c1/C=N\NC(=O)Cc1ccc2nc(N)sc2c1.